The zero-order chi connectivity index (χ0) is 19.9. The molecule has 0 unspecified atom stereocenters. The molecule has 0 N–H and O–H groups in total. The van der Waals surface area contributed by atoms with Gasteiger partial charge in [0.15, 0.2) is 5.78 Å². The second-order valence-corrected chi connectivity index (χ2v) is 9.02. The molecule has 28 heavy (non-hydrogen) atoms. The Morgan fingerprint density at radius 3 is 2.39 bits per heavy atom. The summed E-state index contributed by atoms with van der Waals surface area (Å²) in [7, 11) is 0. The van der Waals surface area contributed by atoms with E-state index in [9.17, 15) is 10.1 Å². The van der Waals surface area contributed by atoms with Gasteiger partial charge >= 0.3 is 0 Å². The Morgan fingerprint density at radius 2 is 1.75 bits per heavy atom. The molecule has 3 nitrogen and oxygen atoms in total. The number of carbonyl (C=O) groups is 1. The molecule has 2 aromatic carbocycles. The monoisotopic (exact) mass is 432 g/mol. The Hall–Kier alpha value is -2.64. The van der Waals surface area contributed by atoms with E-state index in [1.807, 2.05) is 42.5 Å². The molecule has 0 spiro atoms. The van der Waals surface area contributed by atoms with Crippen molar-refractivity contribution in [3.63, 3.8) is 0 Å². The Bertz CT molecular complexity index is 1090. The third-order valence-corrected chi connectivity index (χ3v) is 5.85. The fourth-order valence-corrected chi connectivity index (χ4v) is 4.50. The molecule has 0 radical (unpaired) electrons. The minimum atomic E-state index is -0.104. The highest BCUT2D eigenvalue weighted by Gasteiger charge is 2.37. The summed E-state index contributed by atoms with van der Waals surface area (Å²) in [5, 5.41) is 9.52. The third kappa shape index (κ3) is 3.21. The van der Waals surface area contributed by atoms with Crippen molar-refractivity contribution < 1.29 is 4.79 Å². The molecule has 0 saturated carbocycles. The third-order valence-electron chi connectivity index (χ3n) is 5.32. The van der Waals surface area contributed by atoms with Gasteiger partial charge in [0.25, 0.3) is 0 Å². The summed E-state index contributed by atoms with van der Waals surface area (Å²) >= 11 is 3.51. The smallest absolute Gasteiger partial charge is 0.165 e. The zero-order valence-electron chi connectivity index (χ0n) is 16.0. The lowest BCUT2D eigenvalue weighted by Crippen LogP contribution is -2.28. The number of rotatable bonds is 3. The summed E-state index contributed by atoms with van der Waals surface area (Å²) in [6, 6.07) is 20.5. The lowest BCUT2D eigenvalue weighted by Gasteiger charge is -2.30. The Labute approximate surface area is 173 Å². The first-order valence-corrected chi connectivity index (χ1v) is 10.2. The van der Waals surface area contributed by atoms with E-state index in [1.54, 1.807) is 0 Å². The minimum absolute atomic E-state index is 0.104. The number of halogens is 1. The van der Waals surface area contributed by atoms with Crippen LogP contribution in [-0.2, 0) is 12.8 Å². The van der Waals surface area contributed by atoms with Crippen molar-refractivity contribution >= 4 is 21.7 Å². The predicted molar refractivity (Wildman–Crippen MR) is 115 cm³/mol. The molecule has 0 amide bonds. The molecule has 1 aliphatic carbocycles. The van der Waals surface area contributed by atoms with Gasteiger partial charge in [-0.2, -0.15) is 5.26 Å². The second-order valence-electron chi connectivity index (χ2n) is 8.10. The summed E-state index contributed by atoms with van der Waals surface area (Å²) < 4.78 is 3.20. The maximum absolute atomic E-state index is 13.1. The number of carbonyl (C=O) groups excluding carboxylic acids is 1. The Morgan fingerprint density at radius 1 is 1.07 bits per heavy atom. The number of ketones is 1. The van der Waals surface area contributed by atoms with Crippen LogP contribution in [0.15, 0.2) is 59.1 Å². The number of hydrogen-bond acceptors (Lipinski definition) is 2. The van der Waals surface area contributed by atoms with Gasteiger partial charge in [0.05, 0.1) is 18.2 Å². The largest absolute Gasteiger partial charge is 0.313 e. The van der Waals surface area contributed by atoms with Crippen LogP contribution in [0.25, 0.3) is 16.9 Å². The van der Waals surface area contributed by atoms with Crippen molar-refractivity contribution in [1.29, 1.82) is 5.26 Å². The van der Waals surface area contributed by atoms with E-state index in [0.29, 0.717) is 6.42 Å². The summed E-state index contributed by atoms with van der Waals surface area (Å²) in [5.74, 6) is 0.143. The average Bonchev–Trinajstić information content (AvgIpc) is 2.96. The van der Waals surface area contributed by atoms with Crippen molar-refractivity contribution in [2.45, 2.75) is 33.1 Å². The van der Waals surface area contributed by atoms with Crippen LogP contribution in [0.1, 0.15) is 41.9 Å². The van der Waals surface area contributed by atoms with E-state index < -0.39 is 0 Å². The van der Waals surface area contributed by atoms with Crippen LogP contribution in [0, 0.1) is 16.7 Å². The van der Waals surface area contributed by atoms with Crippen molar-refractivity contribution in [1.82, 2.24) is 4.57 Å². The van der Waals surface area contributed by atoms with Crippen molar-refractivity contribution in [3.8, 4) is 23.0 Å². The van der Waals surface area contributed by atoms with E-state index in [-0.39, 0.29) is 17.6 Å². The van der Waals surface area contributed by atoms with Gasteiger partial charge in [-0.25, -0.2) is 0 Å². The number of aromatic nitrogens is 1. The molecule has 0 fully saturated rings. The molecule has 4 rings (SSSR count). The molecule has 1 heterocycles. The number of hydrogen-bond donors (Lipinski definition) is 0. The lowest BCUT2D eigenvalue weighted by molar-refractivity contribution is 0.0910. The summed E-state index contributed by atoms with van der Waals surface area (Å²) in [4.78, 5) is 13.1. The molecule has 1 aliphatic rings. The van der Waals surface area contributed by atoms with Crippen LogP contribution >= 0.6 is 15.9 Å². The van der Waals surface area contributed by atoms with Gasteiger partial charge in [-0.3, -0.25) is 4.79 Å². The van der Waals surface area contributed by atoms with Gasteiger partial charge in [0.2, 0.25) is 0 Å². The van der Waals surface area contributed by atoms with Crippen molar-refractivity contribution in [2.75, 3.05) is 0 Å². The first kappa shape index (κ1) is 18.7. The maximum atomic E-state index is 13.1. The molecule has 0 saturated heterocycles. The summed E-state index contributed by atoms with van der Waals surface area (Å²) in [5.41, 5.74) is 5.51. The molecule has 140 valence electrons. The molecule has 0 aliphatic heterocycles. The van der Waals surface area contributed by atoms with Crippen LogP contribution in [0.3, 0.4) is 0 Å². The standard InChI is InChI=1S/C24H21BrN2O/c1-24(2)14-20-22(21(28)15-24)19(12-13-26)23(16-6-4-3-5-7-16)27(20)18-10-8-17(25)9-11-18/h3-11H,12,14-15H2,1-2H3. The maximum Gasteiger partial charge on any atom is 0.165 e. The van der Waals surface area contributed by atoms with Crippen molar-refractivity contribution in [3.05, 3.63) is 75.9 Å². The molecule has 4 heteroatoms. The topological polar surface area (TPSA) is 45.8 Å². The normalized spacial score (nSPS) is 15.1. The molecular formula is C24H21BrN2O. The van der Waals surface area contributed by atoms with Crippen LogP contribution in [0.4, 0.5) is 0 Å². The Balaban J connectivity index is 2.10. The van der Waals surface area contributed by atoms with Gasteiger partial charge in [0.1, 0.15) is 0 Å². The number of nitrogens with zero attached hydrogens (tertiary/aromatic N) is 2. The van der Waals surface area contributed by atoms with E-state index in [0.717, 1.165) is 44.7 Å². The number of benzene rings is 2. The predicted octanol–water partition coefficient (Wildman–Crippen LogP) is 6.13. The number of Topliss-reactive ketones (excluding diaryl/α,β-unsaturated/α-hetero) is 1. The van der Waals surface area contributed by atoms with Gasteiger partial charge in [-0.15, -0.1) is 0 Å². The quantitative estimate of drug-likeness (QED) is 0.499. The average molecular weight is 433 g/mol. The van der Waals surface area contributed by atoms with Crippen LogP contribution in [0.2, 0.25) is 0 Å². The highest BCUT2D eigenvalue weighted by Crippen LogP contribution is 2.43. The van der Waals surface area contributed by atoms with Crippen LogP contribution in [-0.4, -0.2) is 10.4 Å². The zero-order valence-corrected chi connectivity index (χ0v) is 17.6. The number of fused-ring (bicyclic) bond motifs is 1. The van der Waals surface area contributed by atoms with Gasteiger partial charge < -0.3 is 4.57 Å². The van der Waals surface area contributed by atoms with Gasteiger partial charge in [-0.05, 0) is 41.7 Å². The van der Waals surface area contributed by atoms with Crippen molar-refractivity contribution in [2.24, 2.45) is 5.41 Å². The van der Waals surface area contributed by atoms with Crippen LogP contribution in [0.5, 0.6) is 0 Å². The van der Waals surface area contributed by atoms with E-state index in [1.165, 1.54) is 0 Å². The van der Waals surface area contributed by atoms with Gasteiger partial charge in [-0.1, -0.05) is 60.1 Å². The minimum Gasteiger partial charge on any atom is -0.313 e. The lowest BCUT2D eigenvalue weighted by atomic mass is 9.75. The highest BCUT2D eigenvalue weighted by atomic mass is 79.9. The summed E-state index contributed by atoms with van der Waals surface area (Å²) in [6.45, 7) is 4.28. The first-order valence-electron chi connectivity index (χ1n) is 9.39. The molecule has 0 bridgehead atoms. The fourth-order valence-electron chi connectivity index (χ4n) is 4.24. The van der Waals surface area contributed by atoms with Gasteiger partial charge in [0, 0.05) is 33.4 Å². The first-order chi connectivity index (χ1) is 13.4. The summed E-state index contributed by atoms with van der Waals surface area (Å²) in [6.07, 6.45) is 1.54. The fraction of sp³-hybridized carbons (Fsp3) is 0.250. The Kier molecular flexibility index (Phi) is 4.72. The second kappa shape index (κ2) is 7.07. The molecular weight excluding hydrogens is 412 g/mol. The number of nitriles is 1. The molecule has 1 aromatic heterocycles. The molecule has 0 atom stereocenters. The van der Waals surface area contributed by atoms with E-state index >= 15 is 0 Å². The molecule has 3 aromatic rings. The highest BCUT2D eigenvalue weighted by molar-refractivity contribution is 9.10. The van der Waals surface area contributed by atoms with E-state index in [4.69, 9.17) is 0 Å². The SMILES string of the molecule is CC1(C)CC(=O)c2c(CC#N)c(-c3ccccc3)n(-c3ccc(Br)cc3)c2C1. The van der Waals surface area contributed by atoms with Crippen LogP contribution < -0.4 is 0 Å². The van der Waals surface area contributed by atoms with E-state index in [2.05, 4.69) is 52.5 Å².